The number of aliphatic hydroxyl groups is 1. The topological polar surface area (TPSA) is 62.2 Å². The summed E-state index contributed by atoms with van der Waals surface area (Å²) in [6.07, 6.45) is 19.7. The van der Waals surface area contributed by atoms with E-state index >= 15 is 0 Å². The van der Waals surface area contributed by atoms with Crippen LogP contribution in [-0.4, -0.2) is 29.1 Å². The molecule has 1 aliphatic carbocycles. The number of benzene rings is 1. The SMILES string of the molecule is C=C/C=C\C=C\CNC(=O)c1ccc2nc(C3C=CC(Cl)=CC3)c(CCCCCO)cc2c1. The Hall–Kier alpha value is -2.95. The van der Waals surface area contributed by atoms with Gasteiger partial charge in [-0.2, -0.15) is 0 Å². The maximum Gasteiger partial charge on any atom is 0.251 e. The number of allylic oxidation sites excluding steroid dienone is 8. The average Bonchev–Trinajstić information content (AvgIpc) is 2.83. The van der Waals surface area contributed by atoms with Gasteiger partial charge >= 0.3 is 0 Å². The van der Waals surface area contributed by atoms with E-state index in [0.717, 1.165) is 53.7 Å². The maximum absolute atomic E-state index is 12.6. The molecule has 1 aliphatic rings. The van der Waals surface area contributed by atoms with Crippen LogP contribution in [0.2, 0.25) is 0 Å². The van der Waals surface area contributed by atoms with Gasteiger partial charge < -0.3 is 10.4 Å². The third-order valence-corrected chi connectivity index (χ3v) is 5.85. The van der Waals surface area contributed by atoms with Crippen molar-refractivity contribution < 1.29 is 9.90 Å². The summed E-state index contributed by atoms with van der Waals surface area (Å²) in [5, 5.41) is 13.7. The van der Waals surface area contributed by atoms with E-state index in [4.69, 9.17) is 21.7 Å². The van der Waals surface area contributed by atoms with Crippen molar-refractivity contribution in [3.05, 3.63) is 101 Å². The van der Waals surface area contributed by atoms with E-state index in [1.54, 1.807) is 6.08 Å². The molecule has 0 saturated carbocycles. The normalized spacial score (nSPS) is 15.9. The summed E-state index contributed by atoms with van der Waals surface area (Å²) in [6, 6.07) is 7.82. The highest BCUT2D eigenvalue weighted by Crippen LogP contribution is 2.32. The second-order valence-electron chi connectivity index (χ2n) is 8.02. The first-order valence-corrected chi connectivity index (χ1v) is 11.8. The number of halogens is 1. The number of carbonyl (C=O) groups excluding carboxylic acids is 1. The minimum Gasteiger partial charge on any atom is -0.396 e. The number of hydrogen-bond donors (Lipinski definition) is 2. The Morgan fingerprint density at radius 1 is 1.21 bits per heavy atom. The van der Waals surface area contributed by atoms with Crippen LogP contribution < -0.4 is 5.32 Å². The number of aliphatic hydroxyl groups excluding tert-OH is 1. The number of fused-ring (bicyclic) bond motifs is 1. The lowest BCUT2D eigenvalue weighted by Crippen LogP contribution is -2.23. The third-order valence-electron chi connectivity index (χ3n) is 5.57. The molecule has 3 rings (SSSR count). The molecule has 1 unspecified atom stereocenters. The highest BCUT2D eigenvalue weighted by atomic mass is 35.5. The summed E-state index contributed by atoms with van der Waals surface area (Å²) in [5.74, 6) is 0.0764. The van der Waals surface area contributed by atoms with E-state index in [-0.39, 0.29) is 18.4 Å². The van der Waals surface area contributed by atoms with Crippen molar-refractivity contribution in [1.82, 2.24) is 10.3 Å². The fourth-order valence-corrected chi connectivity index (χ4v) is 4.00. The van der Waals surface area contributed by atoms with Crippen LogP contribution >= 0.6 is 11.6 Å². The standard InChI is InChI=1S/C28H31ClN2O2/c1-2-3-4-5-8-17-30-28(33)23-13-16-26-24(20-23)19-22(10-7-6-9-18-32)27(31-26)21-11-14-25(29)15-12-21/h2-5,8,11,13-16,19-21,32H,1,6-7,9-10,12,17-18H2,(H,30,33)/b4-3-,8-5+. The van der Waals surface area contributed by atoms with Crippen LogP contribution in [0.25, 0.3) is 10.9 Å². The fraction of sp³-hybridized carbons (Fsp3) is 0.286. The van der Waals surface area contributed by atoms with Crippen LogP contribution in [0.5, 0.6) is 0 Å². The summed E-state index contributed by atoms with van der Waals surface area (Å²) in [7, 11) is 0. The van der Waals surface area contributed by atoms with Gasteiger partial charge in [0.1, 0.15) is 0 Å². The number of carbonyl (C=O) groups is 1. The Morgan fingerprint density at radius 2 is 2.09 bits per heavy atom. The molecule has 172 valence electrons. The lowest BCUT2D eigenvalue weighted by atomic mass is 9.90. The number of aromatic nitrogens is 1. The van der Waals surface area contributed by atoms with Gasteiger partial charge in [0.25, 0.3) is 5.91 Å². The summed E-state index contributed by atoms with van der Waals surface area (Å²) in [6.45, 7) is 4.29. The molecule has 1 heterocycles. The summed E-state index contributed by atoms with van der Waals surface area (Å²) < 4.78 is 0. The molecule has 5 heteroatoms. The first kappa shape index (κ1) is 24.7. The molecule has 0 saturated heterocycles. The fourth-order valence-electron chi connectivity index (χ4n) is 3.84. The molecule has 1 amide bonds. The summed E-state index contributed by atoms with van der Waals surface area (Å²) in [5.41, 5.74) is 3.75. The van der Waals surface area contributed by atoms with Crippen LogP contribution in [0.15, 0.2) is 84.5 Å². The highest BCUT2D eigenvalue weighted by molar-refractivity contribution is 6.31. The number of aryl methyl sites for hydroxylation is 1. The number of hydrogen-bond acceptors (Lipinski definition) is 3. The first-order valence-electron chi connectivity index (χ1n) is 11.4. The van der Waals surface area contributed by atoms with Crippen LogP contribution in [0.4, 0.5) is 0 Å². The predicted octanol–water partition coefficient (Wildman–Crippen LogP) is 6.13. The van der Waals surface area contributed by atoms with Crippen LogP contribution in [0, 0.1) is 0 Å². The third kappa shape index (κ3) is 7.28. The molecular formula is C28H31ClN2O2. The quantitative estimate of drug-likeness (QED) is 0.311. The van der Waals surface area contributed by atoms with Crippen molar-refractivity contribution in [3.63, 3.8) is 0 Å². The summed E-state index contributed by atoms with van der Waals surface area (Å²) >= 11 is 6.12. The van der Waals surface area contributed by atoms with Gasteiger partial charge in [0, 0.05) is 35.1 Å². The Balaban J connectivity index is 1.82. The van der Waals surface area contributed by atoms with Crippen LogP contribution in [-0.2, 0) is 6.42 Å². The summed E-state index contributed by atoms with van der Waals surface area (Å²) in [4.78, 5) is 17.6. The molecule has 33 heavy (non-hydrogen) atoms. The van der Waals surface area contributed by atoms with Crippen molar-refractivity contribution in [3.8, 4) is 0 Å². The molecule has 1 aromatic carbocycles. The monoisotopic (exact) mass is 462 g/mol. The van der Waals surface area contributed by atoms with E-state index in [1.165, 1.54) is 5.56 Å². The lowest BCUT2D eigenvalue weighted by Gasteiger charge is -2.19. The molecule has 4 nitrogen and oxygen atoms in total. The van der Waals surface area contributed by atoms with Crippen LogP contribution in [0.1, 0.15) is 53.2 Å². The van der Waals surface area contributed by atoms with Gasteiger partial charge in [0.05, 0.1) is 11.2 Å². The number of unbranched alkanes of at least 4 members (excludes halogenated alkanes) is 2. The second-order valence-corrected chi connectivity index (χ2v) is 8.46. The van der Waals surface area contributed by atoms with Gasteiger partial charge in [0.15, 0.2) is 0 Å². The van der Waals surface area contributed by atoms with Gasteiger partial charge in [-0.15, -0.1) is 0 Å². The molecule has 0 spiro atoms. The molecule has 0 aliphatic heterocycles. The minimum absolute atomic E-state index is 0.113. The Kier molecular flexibility index (Phi) is 9.67. The molecule has 0 bridgehead atoms. The zero-order valence-electron chi connectivity index (χ0n) is 18.8. The Bertz CT molecular complexity index is 1100. The minimum atomic E-state index is -0.113. The molecule has 1 aromatic heterocycles. The van der Waals surface area contributed by atoms with Crippen LogP contribution in [0.3, 0.4) is 0 Å². The van der Waals surface area contributed by atoms with Gasteiger partial charge in [-0.1, -0.05) is 67.1 Å². The van der Waals surface area contributed by atoms with E-state index < -0.39 is 0 Å². The highest BCUT2D eigenvalue weighted by Gasteiger charge is 2.18. The Labute approximate surface area is 201 Å². The number of amides is 1. The lowest BCUT2D eigenvalue weighted by molar-refractivity contribution is 0.0958. The van der Waals surface area contributed by atoms with E-state index in [0.29, 0.717) is 12.1 Å². The molecule has 1 atom stereocenters. The zero-order chi connectivity index (χ0) is 23.5. The largest absolute Gasteiger partial charge is 0.396 e. The Morgan fingerprint density at radius 3 is 2.85 bits per heavy atom. The molecule has 2 N–H and O–H groups in total. The van der Waals surface area contributed by atoms with Crippen molar-refractivity contribution in [2.45, 2.75) is 38.0 Å². The molecule has 2 aromatic rings. The number of rotatable bonds is 11. The van der Waals surface area contributed by atoms with Crippen molar-refractivity contribution in [1.29, 1.82) is 0 Å². The van der Waals surface area contributed by atoms with E-state index in [1.807, 2.05) is 54.7 Å². The predicted molar refractivity (Wildman–Crippen MR) is 138 cm³/mol. The van der Waals surface area contributed by atoms with Gasteiger partial charge in [-0.3, -0.25) is 9.78 Å². The molecule has 0 fully saturated rings. The molecule has 0 radical (unpaired) electrons. The maximum atomic E-state index is 12.6. The van der Waals surface area contributed by atoms with Crippen molar-refractivity contribution in [2.24, 2.45) is 0 Å². The van der Waals surface area contributed by atoms with Crippen molar-refractivity contribution in [2.75, 3.05) is 13.2 Å². The first-order chi connectivity index (χ1) is 16.1. The zero-order valence-corrected chi connectivity index (χ0v) is 19.6. The second kappa shape index (κ2) is 12.9. The van der Waals surface area contributed by atoms with E-state index in [9.17, 15) is 4.79 Å². The van der Waals surface area contributed by atoms with Gasteiger partial charge in [0.2, 0.25) is 0 Å². The average molecular weight is 463 g/mol. The van der Waals surface area contributed by atoms with Crippen molar-refractivity contribution >= 4 is 28.4 Å². The van der Waals surface area contributed by atoms with E-state index in [2.05, 4.69) is 24.0 Å². The number of nitrogens with one attached hydrogen (secondary N) is 1. The number of pyridine rings is 1. The van der Waals surface area contributed by atoms with Gasteiger partial charge in [-0.25, -0.2) is 0 Å². The smallest absolute Gasteiger partial charge is 0.251 e. The molecular weight excluding hydrogens is 432 g/mol. The number of nitrogens with zero attached hydrogens (tertiary/aromatic N) is 1. The van der Waals surface area contributed by atoms with Gasteiger partial charge in [-0.05, 0) is 61.6 Å².